The van der Waals surface area contributed by atoms with E-state index in [-0.39, 0.29) is 43.8 Å². The van der Waals surface area contributed by atoms with Crippen molar-refractivity contribution >= 4 is 35.5 Å². The number of nitrogens with zero attached hydrogens (tertiary/aromatic N) is 4. The van der Waals surface area contributed by atoms with Gasteiger partial charge in [-0.3, -0.25) is 14.5 Å². The zero-order valence-corrected chi connectivity index (χ0v) is 45.4. The zero-order valence-electron chi connectivity index (χ0n) is 44.6. The van der Waals surface area contributed by atoms with E-state index in [0.717, 1.165) is 11.4 Å². The number of likely N-dealkylation sites (N-methyl/N-ethyl adjacent to an activating group) is 1. The summed E-state index contributed by atoms with van der Waals surface area (Å²) >= 11 is 5.64. The molecule has 410 valence electrons. The number of anilines is 1. The molecule has 8 N–H and O–H groups in total. The van der Waals surface area contributed by atoms with Crippen LogP contribution in [0, 0.1) is 17.8 Å². The number of aliphatic hydroxyl groups excluding tert-OH is 3. The minimum Gasteiger partial charge on any atom is -0.483 e. The minimum atomic E-state index is -1.90. The van der Waals surface area contributed by atoms with Crippen molar-refractivity contribution in [2.24, 2.45) is 17.8 Å². The molecule has 5 rings (SSSR count). The summed E-state index contributed by atoms with van der Waals surface area (Å²) in [6.45, 7) is 18.8. The molecule has 0 amide bonds. The largest absolute Gasteiger partial charge is 0.483 e. The number of ether oxygens (including phenoxy) is 6. The SMILES string of the molecule is CC[C@H]1OC(=O)[C@H](C)[C@@H](O[C@H]2C[C@@](C)(OC)[C@@H](O)[C@H](C)O2)[C@H](C)[C@@H](O[C@@H]2O[C@H](C)C[C@H](N(C)C)[C@H]2O)[C@](C)(O)C[C@@H](C)CN(CCCNC(=S)Nc2ccc(-n3cccn3)cc2)[C@H](C)[C@@H](O)[C@]1(C)O.O=CO. The van der Waals surface area contributed by atoms with E-state index in [1.165, 1.54) is 14.0 Å². The van der Waals surface area contributed by atoms with Gasteiger partial charge in [0.2, 0.25) is 0 Å². The van der Waals surface area contributed by atoms with Crippen molar-refractivity contribution in [1.82, 2.24) is 24.9 Å². The van der Waals surface area contributed by atoms with Gasteiger partial charge < -0.3 is 74.6 Å². The first-order valence-corrected chi connectivity index (χ1v) is 25.6. The van der Waals surface area contributed by atoms with Gasteiger partial charge in [-0.05, 0) is 137 Å². The predicted octanol–water partition coefficient (Wildman–Crippen LogP) is 3.53. The van der Waals surface area contributed by atoms with Crippen molar-refractivity contribution in [2.45, 2.75) is 192 Å². The molecule has 3 fully saturated rings. The number of benzene rings is 1. The molecule has 0 bridgehead atoms. The van der Waals surface area contributed by atoms with E-state index in [2.05, 4.69) is 20.6 Å². The van der Waals surface area contributed by atoms with E-state index in [9.17, 15) is 30.3 Å². The van der Waals surface area contributed by atoms with Gasteiger partial charge in [0.1, 0.15) is 30.0 Å². The van der Waals surface area contributed by atoms with Crippen LogP contribution in [-0.4, -0.2) is 199 Å². The first kappa shape index (κ1) is 61.1. The number of carbonyl (C=O) groups excluding carboxylic acids is 1. The van der Waals surface area contributed by atoms with Gasteiger partial charge >= 0.3 is 5.97 Å². The number of methoxy groups -OCH3 is 1. The van der Waals surface area contributed by atoms with Crippen molar-refractivity contribution < 1.29 is 68.6 Å². The number of hydrogen-bond acceptors (Lipinski definition) is 17. The molecule has 72 heavy (non-hydrogen) atoms. The molecule has 21 heteroatoms. The standard InChI is InChI=1S/C50H84N6O12S.CH2O2/c1-14-38-50(10,62)42(58)33(6)55(23-15-21-51-47(69)53-35-17-19-36(20-18-35)56-24-16-22-52-56)28-29(2)26-48(8,61)44(68-46-40(57)37(54(11)12)25-30(3)64-46)31(4)41(32(5)45(60)66-38)67-39-27-49(9,63-13)43(59)34(7)65-39;2-1-3/h16-20,22,24,29-34,37-44,46,57-59,61-62H,14-15,21,23,25-28H2,1-13H3,(H2,51,53,69);1H,(H,2,3)/t29-,30-,31+,32-,33-,34+,37+,38-,39+,40-,41+,42-,43+,44-,46+,48-,49-,50-;/m1./s1. The Morgan fingerprint density at radius 3 is 2.24 bits per heavy atom. The fourth-order valence-corrected chi connectivity index (χ4v) is 10.9. The van der Waals surface area contributed by atoms with Crippen LogP contribution in [0.4, 0.5) is 5.69 Å². The highest BCUT2D eigenvalue weighted by Crippen LogP contribution is 2.40. The number of aliphatic hydroxyl groups is 5. The van der Waals surface area contributed by atoms with Crippen molar-refractivity contribution in [3.05, 3.63) is 42.7 Å². The van der Waals surface area contributed by atoms with Gasteiger partial charge in [-0.25, -0.2) is 4.68 Å². The molecule has 0 saturated carbocycles. The van der Waals surface area contributed by atoms with E-state index >= 15 is 0 Å². The van der Waals surface area contributed by atoms with Gasteiger partial charge in [-0.15, -0.1) is 0 Å². The Labute approximate surface area is 431 Å². The van der Waals surface area contributed by atoms with Gasteiger partial charge in [-0.1, -0.05) is 20.8 Å². The number of rotatable bonds is 13. The molecule has 2 aromatic rings. The number of esters is 1. The van der Waals surface area contributed by atoms with Crippen LogP contribution in [0.3, 0.4) is 0 Å². The summed E-state index contributed by atoms with van der Waals surface area (Å²) in [6.07, 6.45) is -4.66. The summed E-state index contributed by atoms with van der Waals surface area (Å²) in [6, 6.07) is 8.63. The van der Waals surface area contributed by atoms with Crippen LogP contribution < -0.4 is 10.6 Å². The highest BCUT2D eigenvalue weighted by atomic mass is 32.1. The third-order valence-electron chi connectivity index (χ3n) is 14.8. The molecule has 1 aromatic heterocycles. The number of nitrogens with one attached hydrogen (secondary N) is 2. The van der Waals surface area contributed by atoms with Crippen molar-refractivity contribution in [2.75, 3.05) is 46.2 Å². The van der Waals surface area contributed by atoms with Crippen LogP contribution in [0.15, 0.2) is 42.7 Å². The summed E-state index contributed by atoms with van der Waals surface area (Å²) in [4.78, 5) is 26.9. The second kappa shape index (κ2) is 26.9. The Hall–Kier alpha value is -3.42. The number of aromatic nitrogens is 2. The zero-order chi connectivity index (χ0) is 53.9. The fourth-order valence-electron chi connectivity index (χ4n) is 10.7. The summed E-state index contributed by atoms with van der Waals surface area (Å²) in [5.74, 6) is -2.81. The van der Waals surface area contributed by atoms with Crippen LogP contribution in [0.5, 0.6) is 0 Å². The van der Waals surface area contributed by atoms with Crippen LogP contribution in [-0.2, 0) is 38.0 Å². The fraction of sp³-hybridized carbons (Fsp3) is 0.765. The average Bonchev–Trinajstić information content (AvgIpc) is 3.87. The Morgan fingerprint density at radius 2 is 1.65 bits per heavy atom. The summed E-state index contributed by atoms with van der Waals surface area (Å²) in [5.41, 5.74) is -2.86. The number of thiocarbonyl (C=S) groups is 1. The van der Waals surface area contributed by atoms with Gasteiger partial charge in [0.15, 0.2) is 17.7 Å². The molecule has 0 spiro atoms. The maximum atomic E-state index is 14.6. The first-order valence-electron chi connectivity index (χ1n) is 25.2. The molecule has 0 unspecified atom stereocenters. The lowest BCUT2D eigenvalue weighted by atomic mass is 9.77. The monoisotopic (exact) mass is 1040 g/mol. The quantitative estimate of drug-likeness (QED) is 0.0618. The highest BCUT2D eigenvalue weighted by molar-refractivity contribution is 7.80. The van der Waals surface area contributed by atoms with Gasteiger partial charge in [0.25, 0.3) is 6.47 Å². The second-order valence-electron chi connectivity index (χ2n) is 21.1. The molecule has 0 aliphatic carbocycles. The Balaban J connectivity index is 0.00000365. The molecular weight excluding hydrogens is 953 g/mol. The van der Waals surface area contributed by atoms with Crippen LogP contribution >= 0.6 is 12.2 Å². The molecule has 3 aliphatic rings. The van der Waals surface area contributed by atoms with Crippen molar-refractivity contribution in [3.8, 4) is 5.69 Å². The molecule has 20 nitrogen and oxygen atoms in total. The Morgan fingerprint density at radius 1 is 1.00 bits per heavy atom. The molecule has 3 saturated heterocycles. The lowest BCUT2D eigenvalue weighted by Crippen LogP contribution is -2.60. The molecular formula is C51H86N6O14S. The van der Waals surface area contributed by atoms with Crippen LogP contribution in [0.2, 0.25) is 0 Å². The predicted molar refractivity (Wildman–Crippen MR) is 274 cm³/mol. The molecule has 1 aromatic carbocycles. The third kappa shape index (κ3) is 15.6. The number of carboxylic acid groups (broad SMARTS) is 1. The van der Waals surface area contributed by atoms with Crippen LogP contribution in [0.1, 0.15) is 101 Å². The van der Waals surface area contributed by atoms with Crippen LogP contribution in [0.25, 0.3) is 5.69 Å². The van der Waals surface area contributed by atoms with E-state index in [1.54, 1.807) is 45.5 Å². The van der Waals surface area contributed by atoms with E-state index < -0.39 is 96.0 Å². The van der Waals surface area contributed by atoms with E-state index in [1.807, 2.05) is 83.2 Å². The summed E-state index contributed by atoms with van der Waals surface area (Å²) in [5, 5.41) is 78.2. The first-order chi connectivity index (χ1) is 33.7. The maximum Gasteiger partial charge on any atom is 0.311 e. The third-order valence-corrected chi connectivity index (χ3v) is 15.1. The van der Waals surface area contributed by atoms with E-state index in [4.69, 9.17) is 50.5 Å². The molecule has 4 heterocycles. The molecule has 18 atom stereocenters. The number of cyclic esters (lactones) is 1. The summed E-state index contributed by atoms with van der Waals surface area (Å²) < 4.78 is 39.9. The second-order valence-corrected chi connectivity index (χ2v) is 21.5. The van der Waals surface area contributed by atoms with Crippen molar-refractivity contribution in [1.29, 1.82) is 0 Å². The van der Waals surface area contributed by atoms with Gasteiger partial charge in [0, 0.05) is 69.2 Å². The molecule has 3 aliphatic heterocycles. The Bertz CT molecular complexity index is 1970. The lowest BCUT2D eigenvalue weighted by Gasteiger charge is -2.48. The smallest absolute Gasteiger partial charge is 0.311 e. The topological polar surface area (TPSA) is 259 Å². The van der Waals surface area contributed by atoms with Gasteiger partial charge in [0.05, 0.1) is 47.2 Å². The minimum absolute atomic E-state index is 0.108. The average molecular weight is 1040 g/mol. The van der Waals surface area contributed by atoms with E-state index in [0.29, 0.717) is 37.6 Å². The summed E-state index contributed by atoms with van der Waals surface area (Å²) in [7, 11) is 5.28. The van der Waals surface area contributed by atoms with Gasteiger partial charge in [-0.2, -0.15) is 5.10 Å². The Kier molecular flexibility index (Phi) is 22.8. The maximum absolute atomic E-state index is 14.6. The number of hydrogen-bond donors (Lipinski definition) is 8. The van der Waals surface area contributed by atoms with Crippen molar-refractivity contribution in [3.63, 3.8) is 0 Å². The number of carbonyl (C=O) groups is 2. The highest BCUT2D eigenvalue weighted by Gasteiger charge is 2.53. The lowest BCUT2D eigenvalue weighted by molar-refractivity contribution is -0.318. The molecule has 0 radical (unpaired) electrons. The normalized spacial score (nSPS) is 38.6.